The molecule has 2 amide bonds. The van der Waals surface area contributed by atoms with Gasteiger partial charge in [0, 0.05) is 29.7 Å². The van der Waals surface area contributed by atoms with Gasteiger partial charge in [-0.3, -0.25) is 0 Å². The maximum Gasteiger partial charge on any atom is 0.319 e. The maximum atomic E-state index is 11.8. The van der Waals surface area contributed by atoms with Gasteiger partial charge in [0.15, 0.2) is 0 Å². The number of rotatable bonds is 6. The number of benzene rings is 1. The van der Waals surface area contributed by atoms with Crippen molar-refractivity contribution in [3.63, 3.8) is 0 Å². The quantitative estimate of drug-likeness (QED) is 0.805. The lowest BCUT2D eigenvalue weighted by molar-refractivity contribution is 0.251. The topological polar surface area (TPSA) is 63.2 Å². The predicted octanol–water partition coefficient (Wildman–Crippen LogP) is 3.08. The van der Waals surface area contributed by atoms with Crippen molar-refractivity contribution in [3.05, 3.63) is 40.8 Å². The van der Waals surface area contributed by atoms with Crippen LogP contribution in [-0.2, 0) is 0 Å². The largest absolute Gasteiger partial charge is 0.481 e. The first-order valence-corrected chi connectivity index (χ1v) is 7.67. The number of carbonyl (C=O) groups excluding carboxylic acids is 1. The molecular weight excluding hydrogens is 298 g/mol. The van der Waals surface area contributed by atoms with Gasteiger partial charge in [-0.25, -0.2) is 9.78 Å². The molecule has 0 aliphatic rings. The maximum absolute atomic E-state index is 11.8. The fourth-order valence-electron chi connectivity index (χ4n) is 1.75. The average Bonchev–Trinajstić information content (AvgIpc) is 3.06. The number of terminal acetylenes is 1. The summed E-state index contributed by atoms with van der Waals surface area (Å²) < 4.78 is 5.27. The van der Waals surface area contributed by atoms with Crippen LogP contribution in [0.3, 0.4) is 0 Å². The molecule has 0 unspecified atom stereocenters. The van der Waals surface area contributed by atoms with Gasteiger partial charge >= 0.3 is 6.03 Å². The summed E-state index contributed by atoms with van der Waals surface area (Å²) in [4.78, 5) is 16.1. The van der Waals surface area contributed by atoms with Gasteiger partial charge in [-0.1, -0.05) is 12.8 Å². The molecule has 5 nitrogen and oxygen atoms in total. The minimum atomic E-state index is -0.249. The molecule has 2 N–H and O–H groups in total. The van der Waals surface area contributed by atoms with E-state index in [2.05, 4.69) is 21.5 Å². The molecule has 0 fully saturated rings. The molecule has 0 aliphatic carbocycles. The van der Waals surface area contributed by atoms with Crippen LogP contribution in [0.1, 0.15) is 17.8 Å². The van der Waals surface area contributed by atoms with Crippen molar-refractivity contribution >= 4 is 23.1 Å². The van der Waals surface area contributed by atoms with Gasteiger partial charge in [0.25, 0.3) is 0 Å². The number of amides is 2. The lowest BCUT2D eigenvalue weighted by atomic mass is 10.2. The third-order valence-corrected chi connectivity index (χ3v) is 3.88. The highest BCUT2D eigenvalue weighted by atomic mass is 32.1. The van der Waals surface area contributed by atoms with Crippen LogP contribution in [0, 0.1) is 12.3 Å². The molecule has 114 valence electrons. The standard InChI is InChI=1S/C16H17N3O2S/c1-3-9-21-14-6-4-13(5-7-14)19-16(20)18-11-12(2)15-17-8-10-22-15/h1,4-8,10,12H,9,11H2,2H3,(H2,18,19,20)/t12-/m1/s1. The van der Waals surface area contributed by atoms with Gasteiger partial charge in [-0.15, -0.1) is 17.8 Å². The van der Waals surface area contributed by atoms with E-state index in [1.165, 1.54) is 0 Å². The highest BCUT2D eigenvalue weighted by molar-refractivity contribution is 7.09. The van der Waals surface area contributed by atoms with E-state index in [0.29, 0.717) is 18.0 Å². The van der Waals surface area contributed by atoms with Crippen LogP contribution >= 0.6 is 11.3 Å². The minimum Gasteiger partial charge on any atom is -0.481 e. The van der Waals surface area contributed by atoms with E-state index in [-0.39, 0.29) is 18.6 Å². The minimum absolute atomic E-state index is 0.185. The van der Waals surface area contributed by atoms with E-state index in [4.69, 9.17) is 11.2 Å². The Morgan fingerprint density at radius 2 is 2.23 bits per heavy atom. The number of nitrogens with one attached hydrogen (secondary N) is 2. The average molecular weight is 315 g/mol. The summed E-state index contributed by atoms with van der Waals surface area (Å²) >= 11 is 1.58. The lowest BCUT2D eigenvalue weighted by Crippen LogP contribution is -2.31. The number of thiazole rings is 1. The predicted molar refractivity (Wildman–Crippen MR) is 88.3 cm³/mol. The first-order valence-electron chi connectivity index (χ1n) is 6.79. The number of anilines is 1. The zero-order valence-electron chi connectivity index (χ0n) is 12.2. The summed E-state index contributed by atoms with van der Waals surface area (Å²) in [6, 6.07) is 6.78. The number of ether oxygens (including phenoxy) is 1. The summed E-state index contributed by atoms with van der Waals surface area (Å²) in [5, 5.41) is 8.53. The zero-order chi connectivity index (χ0) is 15.8. The summed E-state index contributed by atoms with van der Waals surface area (Å²) in [5.41, 5.74) is 0.687. The highest BCUT2D eigenvalue weighted by Gasteiger charge is 2.10. The smallest absolute Gasteiger partial charge is 0.319 e. The second kappa shape index (κ2) is 8.05. The third kappa shape index (κ3) is 4.79. The van der Waals surface area contributed by atoms with E-state index in [1.807, 2.05) is 12.3 Å². The van der Waals surface area contributed by atoms with Gasteiger partial charge in [-0.05, 0) is 24.3 Å². The van der Waals surface area contributed by atoms with Crippen molar-refractivity contribution in [1.82, 2.24) is 10.3 Å². The molecule has 0 spiro atoms. The second-order valence-corrected chi connectivity index (χ2v) is 5.55. The normalized spacial score (nSPS) is 11.3. The van der Waals surface area contributed by atoms with Crippen molar-refractivity contribution in [2.24, 2.45) is 0 Å². The first-order chi connectivity index (χ1) is 10.7. The fraction of sp³-hybridized carbons (Fsp3) is 0.250. The second-order valence-electron chi connectivity index (χ2n) is 4.62. The molecule has 2 aromatic rings. The molecular formula is C16H17N3O2S. The Bertz CT molecular complexity index is 632. The van der Waals surface area contributed by atoms with E-state index in [9.17, 15) is 4.79 Å². The van der Waals surface area contributed by atoms with E-state index in [1.54, 1.807) is 41.8 Å². The molecule has 0 saturated heterocycles. The van der Waals surface area contributed by atoms with E-state index in [0.717, 1.165) is 5.01 Å². The zero-order valence-corrected chi connectivity index (χ0v) is 13.0. The Balaban J connectivity index is 1.78. The molecule has 1 atom stereocenters. The summed E-state index contributed by atoms with van der Waals surface area (Å²) in [6.45, 7) is 2.78. The van der Waals surface area contributed by atoms with Gasteiger partial charge in [0.1, 0.15) is 12.4 Å². The summed E-state index contributed by atoms with van der Waals surface area (Å²) in [7, 11) is 0. The van der Waals surface area contributed by atoms with Crippen LogP contribution in [-0.4, -0.2) is 24.2 Å². The van der Waals surface area contributed by atoms with Gasteiger partial charge in [0.05, 0.1) is 5.01 Å². The van der Waals surface area contributed by atoms with Crippen molar-refractivity contribution < 1.29 is 9.53 Å². The van der Waals surface area contributed by atoms with Crippen LogP contribution in [0.25, 0.3) is 0 Å². The van der Waals surface area contributed by atoms with E-state index < -0.39 is 0 Å². The molecule has 1 heterocycles. The Morgan fingerprint density at radius 1 is 1.45 bits per heavy atom. The van der Waals surface area contributed by atoms with Crippen LogP contribution in [0.4, 0.5) is 10.5 Å². The molecule has 1 aromatic carbocycles. The van der Waals surface area contributed by atoms with Crippen molar-refractivity contribution in [3.8, 4) is 18.1 Å². The van der Waals surface area contributed by atoms with Crippen LogP contribution in [0.5, 0.6) is 5.75 Å². The Morgan fingerprint density at radius 3 is 2.86 bits per heavy atom. The van der Waals surface area contributed by atoms with Crippen molar-refractivity contribution in [1.29, 1.82) is 0 Å². The van der Waals surface area contributed by atoms with Crippen molar-refractivity contribution in [2.75, 3.05) is 18.5 Å². The van der Waals surface area contributed by atoms with Crippen LogP contribution < -0.4 is 15.4 Å². The third-order valence-electron chi connectivity index (χ3n) is 2.88. The number of urea groups is 1. The SMILES string of the molecule is C#CCOc1ccc(NC(=O)NC[C@@H](C)c2nccs2)cc1. The summed E-state index contributed by atoms with van der Waals surface area (Å²) in [5.74, 6) is 3.25. The molecule has 2 rings (SSSR count). The Labute approximate surface area is 133 Å². The fourth-order valence-corrected chi connectivity index (χ4v) is 2.44. The highest BCUT2D eigenvalue weighted by Crippen LogP contribution is 2.17. The van der Waals surface area contributed by atoms with E-state index >= 15 is 0 Å². The number of aromatic nitrogens is 1. The van der Waals surface area contributed by atoms with Gasteiger partial charge in [0.2, 0.25) is 0 Å². The van der Waals surface area contributed by atoms with Crippen LogP contribution in [0.15, 0.2) is 35.8 Å². The Hall–Kier alpha value is -2.52. The number of hydrogen-bond acceptors (Lipinski definition) is 4. The number of carbonyl (C=O) groups is 1. The van der Waals surface area contributed by atoms with Gasteiger partial charge < -0.3 is 15.4 Å². The Kier molecular flexibility index (Phi) is 5.81. The molecule has 0 bridgehead atoms. The molecule has 0 radical (unpaired) electrons. The van der Waals surface area contributed by atoms with Crippen molar-refractivity contribution in [2.45, 2.75) is 12.8 Å². The van der Waals surface area contributed by atoms with Crippen LogP contribution in [0.2, 0.25) is 0 Å². The number of hydrogen-bond donors (Lipinski definition) is 2. The monoisotopic (exact) mass is 315 g/mol. The molecule has 22 heavy (non-hydrogen) atoms. The number of nitrogens with zero attached hydrogens (tertiary/aromatic N) is 1. The first kappa shape index (κ1) is 15.9. The molecule has 0 saturated carbocycles. The molecule has 1 aromatic heterocycles. The van der Waals surface area contributed by atoms with Gasteiger partial charge in [-0.2, -0.15) is 0 Å². The lowest BCUT2D eigenvalue weighted by Gasteiger charge is -2.11. The molecule has 6 heteroatoms. The molecule has 0 aliphatic heterocycles. The summed E-state index contributed by atoms with van der Waals surface area (Å²) in [6.07, 6.45) is 6.89.